The highest BCUT2D eigenvalue weighted by Gasteiger charge is 2.12. The Hall–Kier alpha value is -1.88. The van der Waals surface area contributed by atoms with E-state index in [0.29, 0.717) is 16.3 Å². The number of nitrogens with two attached hydrogens (primary N) is 1. The minimum absolute atomic E-state index is 0.169. The fourth-order valence-corrected chi connectivity index (χ4v) is 2.01. The van der Waals surface area contributed by atoms with Crippen LogP contribution in [0, 0.1) is 6.92 Å². The third-order valence-electron chi connectivity index (χ3n) is 2.16. The summed E-state index contributed by atoms with van der Waals surface area (Å²) in [6.07, 6.45) is 0. The van der Waals surface area contributed by atoms with Crippen molar-refractivity contribution in [2.75, 3.05) is 11.1 Å². The average molecular weight is 233 g/mol. The summed E-state index contributed by atoms with van der Waals surface area (Å²) in [5.41, 5.74) is 9.30. The van der Waals surface area contributed by atoms with Crippen LogP contribution >= 0.6 is 11.3 Å². The number of aromatic nitrogens is 1. The number of nitrogens with one attached hydrogen (secondary N) is 1. The average Bonchev–Trinajstić information content (AvgIpc) is 2.68. The molecule has 4 nitrogen and oxygen atoms in total. The van der Waals surface area contributed by atoms with Gasteiger partial charge in [0.2, 0.25) is 0 Å². The molecule has 0 saturated heterocycles. The number of aryl methyl sites for hydroxylation is 1. The van der Waals surface area contributed by atoms with Gasteiger partial charge in [0.15, 0.2) is 0 Å². The number of nitrogens with zero attached hydrogens (tertiary/aromatic N) is 1. The van der Waals surface area contributed by atoms with Gasteiger partial charge in [-0.1, -0.05) is 12.1 Å². The molecule has 0 bridgehead atoms. The second kappa shape index (κ2) is 4.32. The molecule has 5 heteroatoms. The lowest BCUT2D eigenvalue weighted by Crippen LogP contribution is -2.12. The zero-order valence-electron chi connectivity index (χ0n) is 8.73. The molecule has 2 aromatic rings. The highest BCUT2D eigenvalue weighted by Crippen LogP contribution is 2.19. The number of hydrogen-bond donors (Lipinski definition) is 2. The topological polar surface area (TPSA) is 68.0 Å². The van der Waals surface area contributed by atoms with Crippen LogP contribution in [0.1, 0.15) is 15.4 Å². The summed E-state index contributed by atoms with van der Waals surface area (Å²) in [6.45, 7) is 1.81. The van der Waals surface area contributed by atoms with Gasteiger partial charge in [-0.2, -0.15) is 0 Å². The number of para-hydroxylation sites is 2. The number of thiazole rings is 1. The van der Waals surface area contributed by atoms with Crippen molar-refractivity contribution in [1.29, 1.82) is 0 Å². The first-order chi connectivity index (χ1) is 7.68. The van der Waals surface area contributed by atoms with Crippen molar-refractivity contribution in [3.8, 4) is 0 Å². The van der Waals surface area contributed by atoms with E-state index in [0.717, 1.165) is 5.69 Å². The summed E-state index contributed by atoms with van der Waals surface area (Å²) in [5, 5.41) is 2.76. The zero-order valence-corrected chi connectivity index (χ0v) is 9.54. The molecule has 82 valence electrons. The van der Waals surface area contributed by atoms with Gasteiger partial charge >= 0.3 is 0 Å². The number of benzene rings is 1. The smallest absolute Gasteiger partial charge is 0.267 e. The predicted molar refractivity (Wildman–Crippen MR) is 65.7 cm³/mol. The number of rotatable bonds is 2. The summed E-state index contributed by atoms with van der Waals surface area (Å²) in [4.78, 5) is 16.5. The first kappa shape index (κ1) is 10.6. The summed E-state index contributed by atoms with van der Waals surface area (Å²) in [6, 6.07) is 7.16. The van der Waals surface area contributed by atoms with Crippen molar-refractivity contribution >= 4 is 28.6 Å². The molecule has 3 N–H and O–H groups in total. The van der Waals surface area contributed by atoms with Crippen molar-refractivity contribution in [3.63, 3.8) is 0 Å². The van der Waals surface area contributed by atoms with Gasteiger partial charge in [0, 0.05) is 0 Å². The summed E-state index contributed by atoms with van der Waals surface area (Å²) in [5.74, 6) is -0.169. The van der Waals surface area contributed by atoms with Crippen molar-refractivity contribution in [1.82, 2.24) is 4.98 Å². The Labute approximate surface area is 97.1 Å². The van der Waals surface area contributed by atoms with E-state index < -0.39 is 0 Å². The largest absolute Gasteiger partial charge is 0.397 e. The maximum atomic E-state index is 11.9. The van der Waals surface area contributed by atoms with Gasteiger partial charge in [0.1, 0.15) is 4.88 Å². The molecule has 0 aliphatic carbocycles. The number of carbonyl (C=O) groups is 1. The first-order valence-corrected chi connectivity index (χ1v) is 5.62. The Bertz CT molecular complexity index is 521. The lowest BCUT2D eigenvalue weighted by atomic mass is 10.2. The Morgan fingerprint density at radius 1 is 1.44 bits per heavy atom. The van der Waals surface area contributed by atoms with E-state index in [-0.39, 0.29) is 5.91 Å². The van der Waals surface area contributed by atoms with Crippen LogP contribution in [0.3, 0.4) is 0 Å². The molecule has 1 aromatic carbocycles. The summed E-state index contributed by atoms with van der Waals surface area (Å²) >= 11 is 1.32. The molecule has 0 fully saturated rings. The Balaban J connectivity index is 2.21. The van der Waals surface area contributed by atoms with Gasteiger partial charge in [-0.05, 0) is 19.1 Å². The molecule has 0 aliphatic rings. The van der Waals surface area contributed by atoms with Crippen LogP contribution in [0.4, 0.5) is 11.4 Å². The predicted octanol–water partition coefficient (Wildman–Crippen LogP) is 2.29. The van der Waals surface area contributed by atoms with Crippen LogP contribution < -0.4 is 11.1 Å². The summed E-state index contributed by atoms with van der Waals surface area (Å²) in [7, 11) is 0. The van der Waals surface area contributed by atoms with E-state index in [1.165, 1.54) is 11.3 Å². The first-order valence-electron chi connectivity index (χ1n) is 4.74. The van der Waals surface area contributed by atoms with Crippen molar-refractivity contribution < 1.29 is 4.79 Å². The lowest BCUT2D eigenvalue weighted by Gasteiger charge is -2.06. The second-order valence-corrected chi connectivity index (χ2v) is 4.16. The van der Waals surface area contributed by atoms with Gasteiger partial charge in [-0.15, -0.1) is 11.3 Å². The Morgan fingerprint density at radius 2 is 2.19 bits per heavy atom. The fourth-order valence-electron chi connectivity index (χ4n) is 1.31. The van der Waals surface area contributed by atoms with Gasteiger partial charge in [0.25, 0.3) is 5.91 Å². The van der Waals surface area contributed by atoms with Gasteiger partial charge in [0.05, 0.1) is 22.6 Å². The van der Waals surface area contributed by atoms with Crippen LogP contribution in [0.2, 0.25) is 0 Å². The molecule has 0 atom stereocenters. The van der Waals surface area contributed by atoms with E-state index in [4.69, 9.17) is 5.73 Å². The minimum atomic E-state index is -0.169. The zero-order chi connectivity index (χ0) is 11.5. The van der Waals surface area contributed by atoms with Gasteiger partial charge < -0.3 is 11.1 Å². The maximum Gasteiger partial charge on any atom is 0.267 e. The number of amides is 1. The minimum Gasteiger partial charge on any atom is -0.397 e. The quantitative estimate of drug-likeness (QED) is 0.782. The monoisotopic (exact) mass is 233 g/mol. The third kappa shape index (κ3) is 2.04. The Kier molecular flexibility index (Phi) is 2.87. The fraction of sp³-hybridized carbons (Fsp3) is 0.0909. The normalized spacial score (nSPS) is 10.1. The van der Waals surface area contributed by atoms with Crippen LogP contribution in [0.25, 0.3) is 0 Å². The molecule has 2 rings (SSSR count). The third-order valence-corrected chi connectivity index (χ3v) is 3.09. The van der Waals surface area contributed by atoms with Crippen LogP contribution in [0.15, 0.2) is 29.8 Å². The van der Waals surface area contributed by atoms with Crippen molar-refractivity contribution in [2.24, 2.45) is 0 Å². The van der Waals surface area contributed by atoms with E-state index in [1.807, 2.05) is 12.1 Å². The highest BCUT2D eigenvalue weighted by molar-refractivity contribution is 7.12. The van der Waals surface area contributed by atoms with Crippen molar-refractivity contribution in [3.05, 3.63) is 40.3 Å². The van der Waals surface area contributed by atoms with E-state index in [9.17, 15) is 4.79 Å². The molecular formula is C11H11N3OS. The standard InChI is InChI=1S/C11H11N3OS/c1-7-10(16-6-13-7)11(15)14-9-5-3-2-4-8(9)12/h2-6H,12H2,1H3,(H,14,15). The molecule has 0 unspecified atom stereocenters. The van der Waals surface area contributed by atoms with Crippen LogP contribution in [-0.4, -0.2) is 10.9 Å². The van der Waals surface area contributed by atoms with Crippen LogP contribution in [-0.2, 0) is 0 Å². The molecule has 16 heavy (non-hydrogen) atoms. The van der Waals surface area contributed by atoms with Crippen molar-refractivity contribution in [2.45, 2.75) is 6.92 Å². The summed E-state index contributed by atoms with van der Waals surface area (Å²) < 4.78 is 0. The highest BCUT2D eigenvalue weighted by atomic mass is 32.1. The molecule has 1 heterocycles. The maximum absolute atomic E-state index is 11.9. The molecule has 0 spiro atoms. The molecule has 1 amide bonds. The molecular weight excluding hydrogens is 222 g/mol. The molecule has 0 radical (unpaired) electrons. The van der Waals surface area contributed by atoms with Gasteiger partial charge in [-0.25, -0.2) is 4.98 Å². The SMILES string of the molecule is Cc1ncsc1C(=O)Nc1ccccc1N. The number of carbonyl (C=O) groups excluding carboxylic acids is 1. The van der Waals surface area contributed by atoms with E-state index in [2.05, 4.69) is 10.3 Å². The van der Waals surface area contributed by atoms with E-state index >= 15 is 0 Å². The molecule has 1 aromatic heterocycles. The molecule has 0 saturated carbocycles. The number of nitrogen functional groups attached to an aromatic ring is 1. The molecule has 0 aliphatic heterocycles. The van der Waals surface area contributed by atoms with E-state index in [1.54, 1.807) is 24.6 Å². The van der Waals surface area contributed by atoms with Crippen LogP contribution in [0.5, 0.6) is 0 Å². The number of anilines is 2. The van der Waals surface area contributed by atoms with Gasteiger partial charge in [-0.3, -0.25) is 4.79 Å². The lowest BCUT2D eigenvalue weighted by molar-refractivity contribution is 0.103. The second-order valence-electron chi connectivity index (χ2n) is 3.31. The Morgan fingerprint density at radius 3 is 2.81 bits per heavy atom. The number of hydrogen-bond acceptors (Lipinski definition) is 4.